The number of aromatic hydroxyl groups is 1. The third-order valence-corrected chi connectivity index (χ3v) is 3.19. The number of hydrogen-bond acceptors (Lipinski definition) is 4. The summed E-state index contributed by atoms with van der Waals surface area (Å²) in [5.74, 6) is 1.03. The molecule has 0 saturated carbocycles. The van der Waals surface area contributed by atoms with Crippen LogP contribution < -0.4 is 14.4 Å². The van der Waals surface area contributed by atoms with Crippen molar-refractivity contribution in [2.24, 2.45) is 0 Å². The summed E-state index contributed by atoms with van der Waals surface area (Å²) in [7, 11) is 3.11. The van der Waals surface area contributed by atoms with E-state index in [0.29, 0.717) is 11.5 Å². The van der Waals surface area contributed by atoms with Gasteiger partial charge in [-0.1, -0.05) is 0 Å². The monoisotopic (exact) mass is 237 g/mol. The highest BCUT2D eigenvalue weighted by molar-refractivity contribution is 5.68. The van der Waals surface area contributed by atoms with E-state index in [4.69, 9.17) is 9.47 Å². The van der Waals surface area contributed by atoms with Crippen LogP contribution in [-0.4, -0.2) is 32.4 Å². The molecule has 4 nitrogen and oxygen atoms in total. The van der Waals surface area contributed by atoms with Crippen LogP contribution in [0.3, 0.4) is 0 Å². The van der Waals surface area contributed by atoms with Gasteiger partial charge in [0.2, 0.25) is 5.75 Å². The molecule has 0 bridgehead atoms. The van der Waals surface area contributed by atoms with E-state index in [9.17, 15) is 5.11 Å². The van der Waals surface area contributed by atoms with Crippen molar-refractivity contribution in [2.75, 3.05) is 32.2 Å². The van der Waals surface area contributed by atoms with E-state index in [1.165, 1.54) is 26.4 Å². The van der Waals surface area contributed by atoms with Gasteiger partial charge in [0.1, 0.15) is 0 Å². The van der Waals surface area contributed by atoms with E-state index in [-0.39, 0.29) is 5.75 Å². The van der Waals surface area contributed by atoms with Crippen molar-refractivity contribution in [3.05, 3.63) is 12.1 Å². The number of nitrogens with zero attached hydrogens (tertiary/aromatic N) is 1. The smallest absolute Gasteiger partial charge is 0.202 e. The predicted molar refractivity (Wildman–Crippen MR) is 67.3 cm³/mol. The maximum Gasteiger partial charge on any atom is 0.202 e. The van der Waals surface area contributed by atoms with E-state index in [1.807, 2.05) is 6.07 Å². The van der Waals surface area contributed by atoms with Crippen LogP contribution in [0.25, 0.3) is 0 Å². The third-order valence-electron chi connectivity index (χ3n) is 3.19. The molecular formula is C13H19NO3. The van der Waals surface area contributed by atoms with Gasteiger partial charge in [-0.15, -0.1) is 0 Å². The summed E-state index contributed by atoms with van der Waals surface area (Å²) in [6, 6.07) is 3.73. The summed E-state index contributed by atoms with van der Waals surface area (Å²) >= 11 is 0. The number of piperidine rings is 1. The Labute approximate surface area is 102 Å². The maximum atomic E-state index is 10.0. The Kier molecular flexibility index (Phi) is 3.61. The molecular weight excluding hydrogens is 218 g/mol. The van der Waals surface area contributed by atoms with E-state index in [2.05, 4.69) is 4.90 Å². The van der Waals surface area contributed by atoms with Crippen molar-refractivity contribution < 1.29 is 14.6 Å². The fourth-order valence-corrected chi connectivity index (χ4v) is 2.29. The predicted octanol–water partition coefficient (Wildman–Crippen LogP) is 2.40. The van der Waals surface area contributed by atoms with Gasteiger partial charge in [-0.25, -0.2) is 0 Å². The lowest BCUT2D eigenvalue weighted by Gasteiger charge is -2.30. The zero-order valence-electron chi connectivity index (χ0n) is 10.4. The molecule has 0 atom stereocenters. The Morgan fingerprint density at radius 2 is 1.76 bits per heavy atom. The van der Waals surface area contributed by atoms with Crippen molar-refractivity contribution in [3.8, 4) is 17.2 Å². The topological polar surface area (TPSA) is 41.9 Å². The van der Waals surface area contributed by atoms with Gasteiger partial charge in [0.15, 0.2) is 11.5 Å². The van der Waals surface area contributed by atoms with Crippen molar-refractivity contribution in [3.63, 3.8) is 0 Å². The highest BCUT2D eigenvalue weighted by Crippen LogP contribution is 2.43. The zero-order chi connectivity index (χ0) is 12.3. The van der Waals surface area contributed by atoms with Gasteiger partial charge in [-0.05, 0) is 31.4 Å². The van der Waals surface area contributed by atoms with Crippen LogP contribution in [0.15, 0.2) is 12.1 Å². The van der Waals surface area contributed by atoms with Gasteiger partial charge < -0.3 is 19.5 Å². The average molecular weight is 237 g/mol. The Morgan fingerprint density at radius 1 is 1.06 bits per heavy atom. The quantitative estimate of drug-likeness (QED) is 0.876. The molecule has 1 heterocycles. The summed E-state index contributed by atoms with van der Waals surface area (Å²) < 4.78 is 10.4. The Bertz CT molecular complexity index is 386. The molecule has 1 aliphatic rings. The van der Waals surface area contributed by atoms with Crippen LogP contribution in [0.1, 0.15) is 19.3 Å². The van der Waals surface area contributed by atoms with Gasteiger partial charge in [0.05, 0.1) is 19.9 Å². The number of benzene rings is 1. The summed E-state index contributed by atoms with van der Waals surface area (Å²) in [6.45, 7) is 2.03. The minimum Gasteiger partial charge on any atom is -0.502 e. The molecule has 0 aliphatic carbocycles. The third kappa shape index (κ3) is 2.25. The highest BCUT2D eigenvalue weighted by Gasteiger charge is 2.20. The molecule has 1 aromatic carbocycles. The molecule has 4 heteroatoms. The fraction of sp³-hybridized carbons (Fsp3) is 0.538. The number of phenolic OH excluding ortho intramolecular Hbond substituents is 1. The summed E-state index contributed by atoms with van der Waals surface area (Å²) in [4.78, 5) is 2.25. The van der Waals surface area contributed by atoms with Crippen LogP contribution in [0, 0.1) is 0 Å². The van der Waals surface area contributed by atoms with Gasteiger partial charge in [-0.3, -0.25) is 0 Å². The second kappa shape index (κ2) is 5.17. The molecule has 1 N–H and O–H groups in total. The number of methoxy groups -OCH3 is 2. The molecule has 0 amide bonds. The summed E-state index contributed by atoms with van der Waals surface area (Å²) in [5.41, 5.74) is 0.950. The molecule has 17 heavy (non-hydrogen) atoms. The Balaban J connectivity index is 2.35. The molecule has 0 radical (unpaired) electrons. The summed E-state index contributed by atoms with van der Waals surface area (Å²) in [6.07, 6.45) is 3.66. The van der Waals surface area contributed by atoms with Crippen molar-refractivity contribution in [1.82, 2.24) is 0 Å². The van der Waals surface area contributed by atoms with Crippen LogP contribution in [0.5, 0.6) is 17.2 Å². The van der Waals surface area contributed by atoms with Crippen LogP contribution >= 0.6 is 0 Å². The van der Waals surface area contributed by atoms with E-state index in [0.717, 1.165) is 18.8 Å². The molecule has 94 valence electrons. The average Bonchev–Trinajstić information content (AvgIpc) is 2.39. The SMILES string of the molecule is COc1ccc(N2CCCCC2)c(OC)c1O. The van der Waals surface area contributed by atoms with Crippen LogP contribution in [0.2, 0.25) is 0 Å². The first kappa shape index (κ1) is 11.9. The highest BCUT2D eigenvalue weighted by atomic mass is 16.5. The van der Waals surface area contributed by atoms with Crippen molar-refractivity contribution >= 4 is 5.69 Å². The number of hydrogen-bond donors (Lipinski definition) is 1. The lowest BCUT2D eigenvalue weighted by atomic mass is 10.1. The lowest BCUT2D eigenvalue weighted by molar-refractivity contribution is 0.339. The van der Waals surface area contributed by atoms with Crippen molar-refractivity contribution in [2.45, 2.75) is 19.3 Å². The normalized spacial score (nSPS) is 15.8. The summed E-state index contributed by atoms with van der Waals surface area (Å²) in [5, 5.41) is 10.0. The number of ether oxygens (including phenoxy) is 2. The van der Waals surface area contributed by atoms with Gasteiger partial charge in [-0.2, -0.15) is 0 Å². The van der Waals surface area contributed by atoms with Gasteiger partial charge in [0, 0.05) is 13.1 Å². The lowest BCUT2D eigenvalue weighted by Crippen LogP contribution is -2.29. The number of phenols is 1. The van der Waals surface area contributed by atoms with E-state index < -0.39 is 0 Å². The fourth-order valence-electron chi connectivity index (χ4n) is 2.29. The minimum atomic E-state index is 0.0815. The first-order valence-electron chi connectivity index (χ1n) is 5.97. The molecule has 1 aromatic rings. The second-order valence-electron chi connectivity index (χ2n) is 4.22. The second-order valence-corrected chi connectivity index (χ2v) is 4.22. The number of anilines is 1. The minimum absolute atomic E-state index is 0.0815. The molecule has 0 aromatic heterocycles. The number of rotatable bonds is 3. The first-order valence-corrected chi connectivity index (χ1v) is 5.97. The van der Waals surface area contributed by atoms with Gasteiger partial charge in [0.25, 0.3) is 0 Å². The van der Waals surface area contributed by atoms with Crippen molar-refractivity contribution in [1.29, 1.82) is 0 Å². The molecule has 2 rings (SSSR count). The zero-order valence-corrected chi connectivity index (χ0v) is 10.4. The Hall–Kier alpha value is -1.58. The van der Waals surface area contributed by atoms with Crippen LogP contribution in [-0.2, 0) is 0 Å². The molecule has 1 aliphatic heterocycles. The Morgan fingerprint density at radius 3 is 2.35 bits per heavy atom. The van der Waals surface area contributed by atoms with E-state index >= 15 is 0 Å². The molecule has 1 saturated heterocycles. The maximum absolute atomic E-state index is 10.0. The largest absolute Gasteiger partial charge is 0.502 e. The standard InChI is InChI=1S/C13H19NO3/c1-16-11-7-6-10(13(17-2)12(11)15)14-8-4-3-5-9-14/h6-7,15H,3-5,8-9H2,1-2H3. The van der Waals surface area contributed by atoms with E-state index in [1.54, 1.807) is 13.2 Å². The van der Waals surface area contributed by atoms with Crippen LogP contribution in [0.4, 0.5) is 5.69 Å². The first-order chi connectivity index (χ1) is 8.27. The van der Waals surface area contributed by atoms with Gasteiger partial charge >= 0.3 is 0 Å². The molecule has 0 unspecified atom stereocenters. The molecule has 1 fully saturated rings. The molecule has 0 spiro atoms.